The first-order valence-corrected chi connectivity index (χ1v) is 2.77. The molecule has 0 aliphatic carbocycles. The first kappa shape index (κ1) is 5.83. The maximum absolute atomic E-state index is 8.42. The van der Waals surface area contributed by atoms with Gasteiger partial charge in [0.2, 0.25) is 6.33 Å². The molecule has 0 aliphatic heterocycles. The Morgan fingerprint density at radius 1 is 1.78 bits per heavy atom. The van der Waals surface area contributed by atoms with Gasteiger partial charge in [0.25, 0.3) is 0 Å². The molecule has 0 spiro atoms. The zero-order valence-electron chi connectivity index (χ0n) is 5.20. The number of hydrogen-bond acceptors (Lipinski definition) is 1. The topological polar surface area (TPSA) is 43.5 Å². The first-order valence-electron chi connectivity index (χ1n) is 2.77. The van der Waals surface area contributed by atoms with Crippen molar-refractivity contribution in [3.63, 3.8) is 0 Å². The third-order valence-corrected chi connectivity index (χ3v) is 1.20. The van der Waals surface area contributed by atoms with Crippen molar-refractivity contribution in [1.29, 1.82) is 5.26 Å². The van der Waals surface area contributed by atoms with E-state index in [4.69, 9.17) is 5.26 Å². The predicted octanol–water partition coefficient (Wildman–Crippen LogP) is 0.387. The fourth-order valence-corrected chi connectivity index (χ4v) is 0.609. The Hall–Kier alpha value is -1.30. The van der Waals surface area contributed by atoms with E-state index in [9.17, 15) is 0 Å². The summed E-state index contributed by atoms with van der Waals surface area (Å²) in [7, 11) is 0. The molecule has 0 fully saturated rings. The van der Waals surface area contributed by atoms with Crippen LogP contribution in [0.4, 0.5) is 0 Å². The molecule has 0 aromatic carbocycles. The van der Waals surface area contributed by atoms with Crippen molar-refractivity contribution in [2.75, 3.05) is 0 Å². The van der Waals surface area contributed by atoms with E-state index in [1.54, 1.807) is 17.1 Å². The lowest BCUT2D eigenvalue weighted by Gasteiger charge is -1.91. The lowest BCUT2D eigenvalue weighted by molar-refractivity contribution is -0.705. The number of rotatable bonds is 1. The molecule has 3 heteroatoms. The van der Waals surface area contributed by atoms with Crippen molar-refractivity contribution in [1.82, 2.24) is 4.98 Å². The molecule has 9 heavy (non-hydrogen) atoms. The number of hydrogen-bond donors (Lipinski definition) is 1. The minimum Gasteiger partial charge on any atom is -0.250 e. The second kappa shape index (κ2) is 2.31. The normalized spacial score (nSPS) is 12.4. The summed E-state index contributed by atoms with van der Waals surface area (Å²) in [6.45, 7) is 1.84. The molecule has 1 aromatic heterocycles. The molecule has 0 aliphatic rings. The van der Waals surface area contributed by atoms with E-state index in [1.807, 2.05) is 13.1 Å². The fraction of sp³-hybridized carbons (Fsp3) is 0.333. The maximum Gasteiger partial charge on any atom is 0.242 e. The molecule has 0 saturated heterocycles. The number of H-pyrrole nitrogens is 1. The highest BCUT2D eigenvalue weighted by molar-refractivity contribution is 4.74. The fourth-order valence-electron chi connectivity index (χ4n) is 0.609. The van der Waals surface area contributed by atoms with Crippen LogP contribution in [-0.4, -0.2) is 4.98 Å². The Labute approximate surface area is 53.6 Å². The smallest absolute Gasteiger partial charge is 0.242 e. The Balaban J connectivity index is 2.80. The molecule has 0 amide bonds. The van der Waals surface area contributed by atoms with Crippen molar-refractivity contribution in [2.45, 2.75) is 13.0 Å². The van der Waals surface area contributed by atoms with Crippen molar-refractivity contribution in [3.05, 3.63) is 18.7 Å². The van der Waals surface area contributed by atoms with E-state index in [-0.39, 0.29) is 6.04 Å². The minimum atomic E-state index is -0.0729. The predicted molar refractivity (Wildman–Crippen MR) is 31.3 cm³/mol. The average Bonchev–Trinajstić information content (AvgIpc) is 2.37. The molecule has 3 nitrogen and oxygen atoms in total. The molecule has 1 aromatic rings. The quantitative estimate of drug-likeness (QED) is 0.538. The number of nitrogens with one attached hydrogen (secondary N) is 1. The van der Waals surface area contributed by atoms with Crippen molar-refractivity contribution < 1.29 is 4.57 Å². The van der Waals surface area contributed by atoms with Crippen LogP contribution in [0.1, 0.15) is 13.0 Å². The van der Waals surface area contributed by atoms with Gasteiger partial charge in [-0.3, -0.25) is 4.98 Å². The van der Waals surface area contributed by atoms with Crippen molar-refractivity contribution in [2.24, 2.45) is 0 Å². The van der Waals surface area contributed by atoms with Crippen LogP contribution in [0, 0.1) is 11.3 Å². The molecular weight excluding hydrogens is 114 g/mol. The number of aromatic amines is 1. The molecular formula is C6H8N3+. The zero-order chi connectivity index (χ0) is 6.69. The van der Waals surface area contributed by atoms with E-state index >= 15 is 0 Å². The van der Waals surface area contributed by atoms with Crippen LogP contribution < -0.4 is 4.57 Å². The standard InChI is InChI=1S/C6H7N3/c1-6(4-7)9-3-2-8-5-9/h2-3,5-6H,1H3/p+1. The Morgan fingerprint density at radius 2 is 2.56 bits per heavy atom. The van der Waals surface area contributed by atoms with Gasteiger partial charge >= 0.3 is 0 Å². The minimum absolute atomic E-state index is 0.0729. The second-order valence-electron chi connectivity index (χ2n) is 1.86. The molecule has 0 bridgehead atoms. The maximum atomic E-state index is 8.42. The van der Waals surface area contributed by atoms with E-state index < -0.39 is 0 Å². The summed E-state index contributed by atoms with van der Waals surface area (Å²) in [6, 6.07) is 2.04. The molecule has 0 radical (unpaired) electrons. The number of nitriles is 1. The van der Waals surface area contributed by atoms with Crippen LogP contribution in [0.15, 0.2) is 18.7 Å². The highest BCUT2D eigenvalue weighted by Gasteiger charge is 2.04. The summed E-state index contributed by atoms with van der Waals surface area (Å²) < 4.78 is 1.81. The molecule has 46 valence electrons. The highest BCUT2D eigenvalue weighted by atomic mass is 15.0. The summed E-state index contributed by atoms with van der Waals surface area (Å²) in [4.78, 5) is 2.86. The summed E-state index contributed by atoms with van der Waals surface area (Å²) in [6.07, 6.45) is 5.37. The highest BCUT2D eigenvalue weighted by Crippen LogP contribution is 1.87. The molecule has 1 atom stereocenters. The van der Waals surface area contributed by atoms with Gasteiger partial charge in [-0.15, -0.1) is 0 Å². The van der Waals surface area contributed by atoms with Crippen molar-refractivity contribution >= 4 is 0 Å². The Bertz CT molecular complexity index is 207. The van der Waals surface area contributed by atoms with Crippen molar-refractivity contribution in [3.8, 4) is 6.07 Å². The van der Waals surface area contributed by atoms with E-state index in [0.29, 0.717) is 0 Å². The van der Waals surface area contributed by atoms with Gasteiger partial charge in [0.05, 0.1) is 0 Å². The Kier molecular flexibility index (Phi) is 1.50. The SMILES string of the molecule is CC(C#N)[n+]1cc[nH]c1. The number of nitrogens with zero attached hydrogens (tertiary/aromatic N) is 2. The first-order chi connectivity index (χ1) is 4.34. The third kappa shape index (κ3) is 1.08. The largest absolute Gasteiger partial charge is 0.250 e. The number of aromatic nitrogens is 2. The van der Waals surface area contributed by atoms with Gasteiger partial charge < -0.3 is 0 Å². The van der Waals surface area contributed by atoms with Gasteiger partial charge in [0.1, 0.15) is 18.5 Å². The average molecular weight is 122 g/mol. The zero-order valence-corrected chi connectivity index (χ0v) is 5.20. The van der Waals surface area contributed by atoms with E-state index in [1.165, 1.54) is 0 Å². The van der Waals surface area contributed by atoms with Crippen LogP contribution >= 0.6 is 0 Å². The third-order valence-electron chi connectivity index (χ3n) is 1.20. The van der Waals surface area contributed by atoms with Gasteiger partial charge in [-0.25, -0.2) is 4.57 Å². The number of imidazole rings is 1. The van der Waals surface area contributed by atoms with Gasteiger partial charge in [0, 0.05) is 0 Å². The Morgan fingerprint density at radius 3 is 3.00 bits per heavy atom. The molecule has 0 saturated carbocycles. The summed E-state index contributed by atoms with van der Waals surface area (Å²) in [5, 5.41) is 8.42. The summed E-state index contributed by atoms with van der Waals surface area (Å²) in [5.74, 6) is 0. The van der Waals surface area contributed by atoms with Crippen LogP contribution in [0.25, 0.3) is 0 Å². The molecule has 1 heterocycles. The van der Waals surface area contributed by atoms with Gasteiger partial charge in [0.15, 0.2) is 6.04 Å². The van der Waals surface area contributed by atoms with Gasteiger partial charge in [-0.2, -0.15) is 5.26 Å². The van der Waals surface area contributed by atoms with Crippen LogP contribution in [0.2, 0.25) is 0 Å². The van der Waals surface area contributed by atoms with Gasteiger partial charge in [-0.05, 0) is 6.92 Å². The van der Waals surface area contributed by atoms with Crippen LogP contribution in [-0.2, 0) is 0 Å². The van der Waals surface area contributed by atoms with E-state index in [0.717, 1.165) is 0 Å². The molecule has 1 N–H and O–H groups in total. The second-order valence-corrected chi connectivity index (χ2v) is 1.86. The van der Waals surface area contributed by atoms with E-state index in [2.05, 4.69) is 11.1 Å². The monoisotopic (exact) mass is 122 g/mol. The lowest BCUT2D eigenvalue weighted by Crippen LogP contribution is -2.33. The molecule has 1 rings (SSSR count). The van der Waals surface area contributed by atoms with Crippen LogP contribution in [0.5, 0.6) is 0 Å². The van der Waals surface area contributed by atoms with Gasteiger partial charge in [-0.1, -0.05) is 0 Å². The summed E-state index contributed by atoms with van der Waals surface area (Å²) in [5.41, 5.74) is 0. The lowest BCUT2D eigenvalue weighted by atomic mass is 10.4. The summed E-state index contributed by atoms with van der Waals surface area (Å²) >= 11 is 0. The van der Waals surface area contributed by atoms with Crippen LogP contribution in [0.3, 0.4) is 0 Å². The molecule has 1 unspecified atom stereocenters.